The number of phenolic OH excluding ortho intramolecular Hbond substituents is 2. The number of aromatic hydroxyl groups is 2. The molecule has 0 aliphatic heterocycles. The van der Waals surface area contributed by atoms with Gasteiger partial charge in [0.15, 0.2) is 0 Å². The molecule has 9 atom stereocenters. The van der Waals surface area contributed by atoms with E-state index in [0.717, 1.165) is 6.92 Å². The molecule has 17 N–H and O–H groups in total. The van der Waals surface area contributed by atoms with E-state index in [1.807, 2.05) is 0 Å². The number of primary amides is 1. The van der Waals surface area contributed by atoms with E-state index >= 15 is 0 Å². The molecule has 64 heavy (non-hydrogen) atoms. The molecular weight excluding hydrogens is 846 g/mol. The number of nitrogens with one attached hydrogen (secondary N) is 7. The van der Waals surface area contributed by atoms with Crippen molar-refractivity contribution in [3.8, 4) is 11.5 Å². The van der Waals surface area contributed by atoms with Crippen LogP contribution in [-0.4, -0.2) is 152 Å². The lowest BCUT2D eigenvalue weighted by Gasteiger charge is -2.27. The first-order valence-corrected chi connectivity index (χ1v) is 19.9. The molecule has 0 spiro atoms. The van der Waals surface area contributed by atoms with Crippen LogP contribution in [0.4, 0.5) is 0 Å². The van der Waals surface area contributed by atoms with Gasteiger partial charge in [0.1, 0.15) is 53.8 Å². The van der Waals surface area contributed by atoms with Crippen LogP contribution in [0.15, 0.2) is 48.5 Å². The highest BCUT2D eigenvalue weighted by Gasteiger charge is 2.35. The van der Waals surface area contributed by atoms with Gasteiger partial charge >= 0.3 is 5.97 Å². The largest absolute Gasteiger partial charge is 0.508 e. The van der Waals surface area contributed by atoms with Crippen LogP contribution < -0.4 is 48.7 Å². The maximum atomic E-state index is 13.6. The Morgan fingerprint density at radius 2 is 1.06 bits per heavy atom. The second-order valence-electron chi connectivity index (χ2n) is 14.8. The fourth-order valence-corrected chi connectivity index (χ4v) is 5.78. The highest BCUT2D eigenvalue weighted by Crippen LogP contribution is 2.14. The third-order valence-corrected chi connectivity index (χ3v) is 9.68. The van der Waals surface area contributed by atoms with Crippen LogP contribution >= 0.6 is 0 Å². The van der Waals surface area contributed by atoms with E-state index in [2.05, 4.69) is 37.2 Å². The summed E-state index contributed by atoms with van der Waals surface area (Å²) in [6.07, 6.45) is -2.58. The van der Waals surface area contributed by atoms with E-state index in [9.17, 15) is 68.7 Å². The van der Waals surface area contributed by atoms with E-state index < -0.39 is 134 Å². The SMILES string of the molecule is CC[C@H](C)[C@H](NC(=O)[C@H](CC(N)=O)NC(=O)[C@H](CO)NC(=O)[C@@H](N)CO)C(=O)NCC(=O)N[C@H](C(=O)N[C@@H](Cc1ccc(O)cc1)C(=O)N[C@@H](Cc1ccc(O)cc1)C(=O)O)[C@@H](C)O. The number of carbonyl (C=O) groups excluding carboxylic acids is 8. The predicted octanol–water partition coefficient (Wildman–Crippen LogP) is -5.39. The minimum absolute atomic E-state index is 0.0684. The zero-order valence-electron chi connectivity index (χ0n) is 35.3. The van der Waals surface area contributed by atoms with Crippen molar-refractivity contribution >= 4 is 53.2 Å². The van der Waals surface area contributed by atoms with Gasteiger partial charge in [-0.15, -0.1) is 0 Å². The van der Waals surface area contributed by atoms with Crippen molar-refractivity contribution in [3.63, 3.8) is 0 Å². The van der Waals surface area contributed by atoms with Crippen LogP contribution in [-0.2, 0) is 56.0 Å². The van der Waals surface area contributed by atoms with Crippen LogP contribution in [0.3, 0.4) is 0 Å². The Bertz CT molecular complexity index is 1950. The van der Waals surface area contributed by atoms with Crippen LogP contribution in [0.1, 0.15) is 44.7 Å². The van der Waals surface area contributed by atoms with Gasteiger partial charge in [0.05, 0.1) is 32.3 Å². The molecule has 8 amide bonds. The van der Waals surface area contributed by atoms with Gasteiger partial charge in [0.2, 0.25) is 47.3 Å². The highest BCUT2D eigenvalue weighted by atomic mass is 16.4. The number of carbonyl (C=O) groups is 9. The normalized spacial score (nSPS) is 15.2. The predicted molar refractivity (Wildman–Crippen MR) is 223 cm³/mol. The molecule has 24 heteroatoms. The maximum Gasteiger partial charge on any atom is 0.326 e. The summed E-state index contributed by atoms with van der Waals surface area (Å²) in [4.78, 5) is 116. The van der Waals surface area contributed by atoms with Crippen molar-refractivity contribution in [3.05, 3.63) is 59.7 Å². The monoisotopic (exact) mass is 903 g/mol. The van der Waals surface area contributed by atoms with Gasteiger partial charge in [0.25, 0.3) is 0 Å². The molecule has 0 saturated carbocycles. The van der Waals surface area contributed by atoms with Crippen LogP contribution in [0.25, 0.3) is 0 Å². The molecule has 2 aromatic carbocycles. The van der Waals surface area contributed by atoms with E-state index in [0.29, 0.717) is 11.1 Å². The van der Waals surface area contributed by atoms with Gasteiger partial charge in [-0.2, -0.15) is 0 Å². The molecule has 0 aliphatic rings. The van der Waals surface area contributed by atoms with Gasteiger partial charge < -0.3 is 79.3 Å². The van der Waals surface area contributed by atoms with E-state index in [-0.39, 0.29) is 30.8 Å². The molecule has 0 aliphatic carbocycles. The number of aliphatic hydroxyl groups is 3. The average Bonchev–Trinajstić information content (AvgIpc) is 3.25. The maximum absolute atomic E-state index is 13.6. The second kappa shape index (κ2) is 25.9. The summed E-state index contributed by atoms with van der Waals surface area (Å²) in [5.41, 5.74) is 11.6. The molecular formula is C40H57N9O15. The Hall–Kier alpha value is -6.89. The Morgan fingerprint density at radius 1 is 0.594 bits per heavy atom. The Morgan fingerprint density at radius 3 is 1.53 bits per heavy atom. The minimum Gasteiger partial charge on any atom is -0.508 e. The summed E-state index contributed by atoms with van der Waals surface area (Å²) in [7, 11) is 0. The molecule has 2 rings (SSSR count). The third-order valence-electron chi connectivity index (χ3n) is 9.68. The number of hydrogen-bond acceptors (Lipinski definition) is 15. The van der Waals surface area contributed by atoms with Gasteiger partial charge in [0, 0.05) is 12.8 Å². The van der Waals surface area contributed by atoms with E-state index in [1.165, 1.54) is 48.5 Å². The van der Waals surface area contributed by atoms with Gasteiger partial charge in [-0.05, 0) is 48.2 Å². The molecule has 0 fully saturated rings. The zero-order valence-corrected chi connectivity index (χ0v) is 35.3. The molecule has 24 nitrogen and oxygen atoms in total. The van der Waals surface area contributed by atoms with Crippen molar-refractivity contribution in [1.29, 1.82) is 0 Å². The Kier molecular flexibility index (Phi) is 21.6. The number of benzene rings is 2. The van der Waals surface area contributed by atoms with E-state index in [1.54, 1.807) is 13.8 Å². The first-order valence-electron chi connectivity index (χ1n) is 19.9. The zero-order chi connectivity index (χ0) is 48.3. The van der Waals surface area contributed by atoms with Gasteiger partial charge in [-0.1, -0.05) is 44.5 Å². The lowest BCUT2D eigenvalue weighted by atomic mass is 9.97. The number of aliphatic hydroxyl groups excluding tert-OH is 3. The quantitative estimate of drug-likeness (QED) is 0.0419. The number of nitrogens with two attached hydrogens (primary N) is 2. The first-order chi connectivity index (χ1) is 30.1. The fraction of sp³-hybridized carbons (Fsp3) is 0.475. The van der Waals surface area contributed by atoms with Crippen LogP contribution in [0.2, 0.25) is 0 Å². The summed E-state index contributed by atoms with van der Waals surface area (Å²) in [6.45, 7) is 1.76. The lowest BCUT2D eigenvalue weighted by molar-refractivity contribution is -0.142. The van der Waals surface area contributed by atoms with Gasteiger partial charge in [-0.25, -0.2) is 4.79 Å². The van der Waals surface area contributed by atoms with Crippen molar-refractivity contribution in [1.82, 2.24) is 37.2 Å². The summed E-state index contributed by atoms with van der Waals surface area (Å²) in [6, 6.07) is 0.0656. The molecule has 352 valence electrons. The smallest absolute Gasteiger partial charge is 0.326 e. The third kappa shape index (κ3) is 17.5. The summed E-state index contributed by atoms with van der Waals surface area (Å²) >= 11 is 0. The average molecular weight is 904 g/mol. The van der Waals surface area contributed by atoms with Crippen molar-refractivity contribution in [2.45, 2.75) is 94.9 Å². The molecule has 0 saturated heterocycles. The Labute approximate surface area is 366 Å². The number of phenols is 2. The number of hydrogen-bond donors (Lipinski definition) is 15. The lowest BCUT2D eigenvalue weighted by Crippen LogP contribution is -2.61. The van der Waals surface area contributed by atoms with Crippen molar-refractivity contribution in [2.75, 3.05) is 19.8 Å². The molecule has 2 aromatic rings. The molecule has 0 unspecified atom stereocenters. The molecule has 0 heterocycles. The number of carboxylic acid groups (broad SMARTS) is 1. The van der Waals surface area contributed by atoms with Crippen molar-refractivity contribution < 1.29 is 73.8 Å². The van der Waals surface area contributed by atoms with Crippen LogP contribution in [0, 0.1) is 5.92 Å². The molecule has 0 bridgehead atoms. The summed E-state index contributed by atoms with van der Waals surface area (Å²) in [5.74, 6) is -10.6. The van der Waals surface area contributed by atoms with Crippen LogP contribution in [0.5, 0.6) is 11.5 Å². The second-order valence-corrected chi connectivity index (χ2v) is 14.8. The minimum atomic E-state index is -1.75. The van der Waals surface area contributed by atoms with Gasteiger partial charge in [-0.3, -0.25) is 38.4 Å². The Balaban J connectivity index is 2.21. The van der Waals surface area contributed by atoms with Crippen molar-refractivity contribution in [2.24, 2.45) is 17.4 Å². The van der Waals surface area contributed by atoms with E-state index in [4.69, 9.17) is 16.6 Å². The highest BCUT2D eigenvalue weighted by molar-refractivity contribution is 5.98. The number of rotatable bonds is 26. The standard InChI is InChI=1S/C40H57N9O15/c1-4-19(2)32(49-36(59)27(15-30(42)55)44-37(60)29(18-51)47-34(57)25(41)17-50)38(61)43-16-31(56)48-33(20(3)52)39(62)45-26(13-21-5-9-23(53)10-6-21)35(58)46-28(40(63)64)14-22-7-11-24(54)12-8-22/h5-12,19-20,25-29,32-33,50-54H,4,13-18,41H2,1-3H3,(H2,42,55)(H,43,61)(H,44,60)(H,45,62)(H,46,58)(H,47,57)(H,48,56)(H,49,59)(H,63,64)/t19-,20+,25-,26-,27-,28-,29-,32-,33-/m0/s1. The summed E-state index contributed by atoms with van der Waals surface area (Å²) < 4.78 is 0. The number of amides is 8. The fourth-order valence-electron chi connectivity index (χ4n) is 5.78. The topological polar surface area (TPSA) is 411 Å². The number of aliphatic carboxylic acids is 1. The molecule has 0 radical (unpaired) electrons. The molecule has 0 aromatic heterocycles. The summed E-state index contributed by atoms with van der Waals surface area (Å²) in [5, 5.41) is 74.4. The first kappa shape index (κ1) is 53.2. The number of carboxylic acids is 1.